The molecular weight excluding hydrogens is 234 g/mol. The van der Waals surface area contributed by atoms with Crippen LogP contribution in [0.5, 0.6) is 0 Å². The molecule has 18 heavy (non-hydrogen) atoms. The van der Waals surface area contributed by atoms with Crippen molar-refractivity contribution in [1.29, 1.82) is 0 Å². The van der Waals surface area contributed by atoms with E-state index >= 15 is 0 Å². The largest absolute Gasteiger partial charge is 0.381 e. The van der Waals surface area contributed by atoms with Crippen molar-refractivity contribution < 1.29 is 13.5 Å². The van der Waals surface area contributed by atoms with Crippen molar-refractivity contribution in [1.82, 2.24) is 0 Å². The van der Waals surface area contributed by atoms with Crippen LogP contribution in [-0.4, -0.2) is 13.2 Å². The first-order chi connectivity index (χ1) is 8.13. The van der Waals surface area contributed by atoms with Gasteiger partial charge in [0, 0.05) is 7.11 Å². The number of ether oxygens (including phenoxy) is 1. The monoisotopic (exact) mass is 256 g/mol. The topological polar surface area (TPSA) is 9.23 Å². The molecule has 0 atom stereocenters. The fourth-order valence-electron chi connectivity index (χ4n) is 2.59. The van der Waals surface area contributed by atoms with E-state index in [-0.39, 0.29) is 19.4 Å². The van der Waals surface area contributed by atoms with E-state index in [9.17, 15) is 8.78 Å². The lowest BCUT2D eigenvalue weighted by Gasteiger charge is -2.28. The molecule has 3 heteroatoms. The van der Waals surface area contributed by atoms with Gasteiger partial charge in [0.2, 0.25) is 0 Å². The number of hydrogen-bond donors (Lipinski definition) is 0. The maximum absolute atomic E-state index is 13.8. The summed E-state index contributed by atoms with van der Waals surface area (Å²) in [6, 6.07) is 3.39. The van der Waals surface area contributed by atoms with Gasteiger partial charge in [0.05, 0.1) is 6.10 Å². The second-order valence-corrected chi connectivity index (χ2v) is 4.81. The summed E-state index contributed by atoms with van der Waals surface area (Å²) in [5, 5.41) is 0. The molecule has 0 radical (unpaired) electrons. The Morgan fingerprint density at radius 1 is 1.06 bits per heavy atom. The molecule has 0 bridgehead atoms. The lowest BCUT2D eigenvalue weighted by atomic mass is 9.82. The summed E-state index contributed by atoms with van der Waals surface area (Å²) >= 11 is 0. The predicted octanol–water partition coefficient (Wildman–Crippen LogP) is 4.58. The fourth-order valence-corrected chi connectivity index (χ4v) is 2.59. The average Bonchev–Trinajstić information content (AvgIpc) is 2.36. The third-order valence-electron chi connectivity index (χ3n) is 3.75. The van der Waals surface area contributed by atoms with E-state index in [0.29, 0.717) is 11.1 Å². The van der Waals surface area contributed by atoms with Gasteiger partial charge < -0.3 is 4.74 Å². The van der Waals surface area contributed by atoms with Crippen molar-refractivity contribution in [3.8, 4) is 0 Å². The second kappa shape index (κ2) is 6.28. The number of halogens is 2. The minimum atomic E-state index is -0.698. The molecule has 1 aliphatic carbocycles. The molecule has 0 heterocycles. The smallest absolute Gasteiger partial charge is 0.162 e. The summed E-state index contributed by atoms with van der Waals surface area (Å²) in [7, 11) is 1.71. The van der Waals surface area contributed by atoms with E-state index in [0.717, 1.165) is 25.7 Å². The number of aryl methyl sites for hydroxylation is 1. The van der Waals surface area contributed by atoms with Crippen LogP contribution in [-0.2, 0) is 4.74 Å². The zero-order chi connectivity index (χ0) is 12.4. The molecule has 1 aliphatic rings. The quantitative estimate of drug-likeness (QED) is 0.752. The number of hydrogen-bond acceptors (Lipinski definition) is 1. The molecule has 1 aromatic rings. The molecule has 0 N–H and O–H groups in total. The van der Waals surface area contributed by atoms with Crippen molar-refractivity contribution in [2.45, 2.75) is 52.1 Å². The molecule has 0 amide bonds. The number of rotatable bonds is 2. The molecular formula is C15H22F2O. The van der Waals surface area contributed by atoms with E-state index in [4.69, 9.17) is 4.74 Å². The highest BCUT2D eigenvalue weighted by molar-refractivity contribution is 5.28. The summed E-state index contributed by atoms with van der Waals surface area (Å²) in [5.74, 6) is -1.22. The Hall–Kier alpha value is -0.960. The zero-order valence-corrected chi connectivity index (χ0v) is 10.3. The van der Waals surface area contributed by atoms with Crippen LogP contribution < -0.4 is 0 Å². The van der Waals surface area contributed by atoms with Crippen molar-refractivity contribution >= 4 is 0 Å². The van der Waals surface area contributed by atoms with Gasteiger partial charge in [0.15, 0.2) is 11.6 Å². The van der Waals surface area contributed by atoms with Gasteiger partial charge >= 0.3 is 0 Å². The van der Waals surface area contributed by atoms with Crippen LogP contribution in [0.25, 0.3) is 0 Å². The maximum atomic E-state index is 13.8. The molecule has 0 unspecified atom stereocenters. The summed E-state index contributed by atoms with van der Waals surface area (Å²) in [6.45, 7) is 1.59. The highest BCUT2D eigenvalue weighted by atomic mass is 19.2. The average molecular weight is 256 g/mol. The third-order valence-corrected chi connectivity index (χ3v) is 3.75. The van der Waals surface area contributed by atoms with E-state index in [1.165, 1.54) is 0 Å². The van der Waals surface area contributed by atoms with Crippen LogP contribution in [0.15, 0.2) is 12.1 Å². The van der Waals surface area contributed by atoms with Gasteiger partial charge in [0.25, 0.3) is 0 Å². The number of methoxy groups -OCH3 is 1. The van der Waals surface area contributed by atoms with Crippen molar-refractivity contribution in [3.63, 3.8) is 0 Å². The zero-order valence-electron chi connectivity index (χ0n) is 10.3. The highest BCUT2D eigenvalue weighted by Crippen LogP contribution is 2.35. The molecule has 1 nitrogen and oxygen atoms in total. The lowest BCUT2D eigenvalue weighted by molar-refractivity contribution is 0.0655. The highest BCUT2D eigenvalue weighted by Gasteiger charge is 2.25. The van der Waals surface area contributed by atoms with Gasteiger partial charge in [-0.25, -0.2) is 8.78 Å². The maximum Gasteiger partial charge on any atom is 0.162 e. The van der Waals surface area contributed by atoms with Crippen LogP contribution in [0, 0.1) is 18.6 Å². The van der Waals surface area contributed by atoms with Crippen LogP contribution in [0.3, 0.4) is 0 Å². The van der Waals surface area contributed by atoms with E-state index in [1.807, 2.05) is 0 Å². The SMILES string of the molecule is C.COC1CCC(c2ccc(C)c(F)c2F)CC1. The van der Waals surface area contributed by atoms with Crippen molar-refractivity contribution in [3.05, 3.63) is 34.9 Å². The molecule has 0 aromatic heterocycles. The Bertz CT molecular complexity index is 396. The van der Waals surface area contributed by atoms with Gasteiger partial charge in [0.1, 0.15) is 0 Å². The predicted molar refractivity (Wildman–Crippen MR) is 69.8 cm³/mol. The molecule has 1 fully saturated rings. The van der Waals surface area contributed by atoms with Crippen LogP contribution in [0.2, 0.25) is 0 Å². The summed E-state index contributed by atoms with van der Waals surface area (Å²) in [6.07, 6.45) is 3.88. The standard InChI is InChI=1S/C14H18F2O.CH4/c1-9-3-8-12(14(16)13(9)15)10-4-6-11(17-2)7-5-10;/h3,8,10-11H,4-7H2,1-2H3;1H4. The summed E-state index contributed by atoms with van der Waals surface area (Å²) in [5.41, 5.74) is 0.902. The Labute approximate surface area is 108 Å². The normalized spacial score (nSPS) is 23.6. The first kappa shape index (κ1) is 15.1. The lowest BCUT2D eigenvalue weighted by Crippen LogP contribution is -2.20. The molecule has 102 valence electrons. The molecule has 0 aliphatic heterocycles. The van der Waals surface area contributed by atoms with Crippen LogP contribution in [0.4, 0.5) is 8.78 Å². The first-order valence-electron chi connectivity index (χ1n) is 6.10. The van der Waals surface area contributed by atoms with E-state index < -0.39 is 11.6 Å². The van der Waals surface area contributed by atoms with Crippen LogP contribution >= 0.6 is 0 Å². The Kier molecular flexibility index (Phi) is 5.27. The van der Waals surface area contributed by atoms with Gasteiger partial charge in [-0.3, -0.25) is 0 Å². The Morgan fingerprint density at radius 3 is 2.22 bits per heavy atom. The fraction of sp³-hybridized carbons (Fsp3) is 0.600. The first-order valence-corrected chi connectivity index (χ1v) is 6.10. The molecule has 0 saturated heterocycles. The molecule has 1 aromatic carbocycles. The Morgan fingerprint density at radius 2 is 1.67 bits per heavy atom. The molecule has 1 saturated carbocycles. The molecule has 2 rings (SSSR count). The summed E-state index contributed by atoms with van der Waals surface area (Å²) < 4.78 is 32.6. The Balaban J connectivity index is 0.00000162. The minimum Gasteiger partial charge on any atom is -0.381 e. The third kappa shape index (κ3) is 2.89. The van der Waals surface area contributed by atoms with E-state index in [1.54, 1.807) is 26.2 Å². The van der Waals surface area contributed by atoms with E-state index in [2.05, 4.69) is 0 Å². The van der Waals surface area contributed by atoms with Crippen molar-refractivity contribution in [2.24, 2.45) is 0 Å². The van der Waals surface area contributed by atoms with Crippen molar-refractivity contribution in [2.75, 3.05) is 7.11 Å². The summed E-state index contributed by atoms with van der Waals surface area (Å²) in [4.78, 5) is 0. The second-order valence-electron chi connectivity index (χ2n) is 4.81. The van der Waals surface area contributed by atoms with Gasteiger partial charge in [-0.05, 0) is 49.7 Å². The van der Waals surface area contributed by atoms with Gasteiger partial charge in [-0.1, -0.05) is 19.6 Å². The molecule has 0 spiro atoms. The van der Waals surface area contributed by atoms with Gasteiger partial charge in [-0.2, -0.15) is 0 Å². The minimum absolute atomic E-state index is 0. The van der Waals surface area contributed by atoms with Crippen LogP contribution in [0.1, 0.15) is 50.2 Å². The van der Waals surface area contributed by atoms with Gasteiger partial charge in [-0.15, -0.1) is 0 Å². The number of benzene rings is 1.